The molecule has 0 atom stereocenters. The van der Waals surface area contributed by atoms with Crippen molar-refractivity contribution < 1.29 is 4.79 Å². The summed E-state index contributed by atoms with van der Waals surface area (Å²) in [5.41, 5.74) is 2.29. The van der Waals surface area contributed by atoms with Crippen molar-refractivity contribution in [3.8, 4) is 0 Å². The third kappa shape index (κ3) is 3.52. The van der Waals surface area contributed by atoms with Crippen molar-refractivity contribution in [2.24, 2.45) is 0 Å². The fourth-order valence-corrected chi connectivity index (χ4v) is 3.19. The van der Waals surface area contributed by atoms with Gasteiger partial charge < -0.3 is 5.32 Å². The van der Waals surface area contributed by atoms with Crippen molar-refractivity contribution in [2.45, 2.75) is 52.1 Å². The van der Waals surface area contributed by atoms with E-state index in [9.17, 15) is 4.79 Å². The highest BCUT2D eigenvalue weighted by molar-refractivity contribution is 5.99. The summed E-state index contributed by atoms with van der Waals surface area (Å²) >= 11 is 0. The molecule has 1 N–H and O–H groups in total. The number of hydrogen-bond acceptors (Lipinski definition) is 4. The molecule has 0 unspecified atom stereocenters. The van der Waals surface area contributed by atoms with Gasteiger partial charge in [0.1, 0.15) is 5.56 Å². The van der Waals surface area contributed by atoms with Gasteiger partial charge in [0.15, 0.2) is 5.65 Å². The molecule has 0 radical (unpaired) electrons. The molecule has 1 amide bonds. The first kappa shape index (κ1) is 15.9. The van der Waals surface area contributed by atoms with Crippen molar-refractivity contribution in [3.63, 3.8) is 0 Å². The summed E-state index contributed by atoms with van der Waals surface area (Å²) in [5.74, 6) is -0.0594. The van der Waals surface area contributed by atoms with E-state index in [1.165, 1.54) is 12.8 Å². The second-order valence-corrected chi connectivity index (χ2v) is 6.20. The van der Waals surface area contributed by atoms with Crippen LogP contribution in [0.25, 0.3) is 5.65 Å². The molecule has 0 spiro atoms. The monoisotopic (exact) mass is 315 g/mol. The minimum absolute atomic E-state index is 0.0594. The van der Waals surface area contributed by atoms with Crippen LogP contribution in [0.4, 0.5) is 0 Å². The fraction of sp³-hybridized carbons (Fsp3) is 0.588. The number of hydrogen-bond donors (Lipinski definition) is 1. The van der Waals surface area contributed by atoms with E-state index in [1.54, 1.807) is 10.7 Å². The lowest BCUT2D eigenvalue weighted by Gasteiger charge is -2.17. The van der Waals surface area contributed by atoms with E-state index in [0.717, 1.165) is 38.0 Å². The molecule has 23 heavy (non-hydrogen) atoms. The van der Waals surface area contributed by atoms with Gasteiger partial charge in [-0.25, -0.2) is 9.50 Å². The average Bonchev–Trinajstić information content (AvgIpc) is 3.21. The van der Waals surface area contributed by atoms with Crippen LogP contribution < -0.4 is 5.32 Å². The molecule has 0 aromatic carbocycles. The van der Waals surface area contributed by atoms with Crippen LogP contribution in [0.1, 0.15) is 55.5 Å². The van der Waals surface area contributed by atoms with Crippen molar-refractivity contribution in [2.75, 3.05) is 13.1 Å². The van der Waals surface area contributed by atoms with Crippen LogP contribution in [-0.4, -0.2) is 44.5 Å². The topological polar surface area (TPSA) is 62.5 Å². The van der Waals surface area contributed by atoms with E-state index >= 15 is 0 Å². The Labute approximate surface area is 136 Å². The Morgan fingerprint density at radius 1 is 1.30 bits per heavy atom. The molecule has 1 aliphatic carbocycles. The molecule has 2 aromatic rings. The number of carbonyl (C=O) groups is 1. The molecule has 1 saturated carbocycles. The maximum Gasteiger partial charge on any atom is 0.256 e. The number of aromatic nitrogens is 3. The first-order chi connectivity index (χ1) is 11.2. The van der Waals surface area contributed by atoms with E-state index in [4.69, 9.17) is 0 Å². The molecule has 1 aliphatic rings. The number of rotatable bonds is 6. The van der Waals surface area contributed by atoms with Crippen LogP contribution in [-0.2, 0) is 6.54 Å². The Balaban J connectivity index is 1.76. The van der Waals surface area contributed by atoms with Crippen LogP contribution in [0.2, 0.25) is 0 Å². The van der Waals surface area contributed by atoms with Gasteiger partial charge in [0.2, 0.25) is 0 Å². The average molecular weight is 315 g/mol. The number of carbonyl (C=O) groups excluding carboxylic acids is 1. The zero-order chi connectivity index (χ0) is 16.2. The lowest BCUT2D eigenvalue weighted by atomic mass is 10.2. The fourth-order valence-electron chi connectivity index (χ4n) is 3.19. The van der Waals surface area contributed by atoms with E-state index in [0.29, 0.717) is 17.3 Å². The standard InChI is InChI=1S/C17H25N5O/c1-3-21(4-2)11-13-9-18-16-15(10-19-22(16)12-13)17(23)20-14-7-5-6-8-14/h9-10,12,14H,3-8,11H2,1-2H3,(H,20,23). The zero-order valence-corrected chi connectivity index (χ0v) is 14.0. The smallest absolute Gasteiger partial charge is 0.256 e. The van der Waals surface area contributed by atoms with Crippen LogP contribution in [0.15, 0.2) is 18.6 Å². The molecule has 1 fully saturated rings. The Hall–Kier alpha value is -1.95. The summed E-state index contributed by atoms with van der Waals surface area (Å²) in [6, 6.07) is 0.305. The van der Waals surface area contributed by atoms with Crippen LogP contribution in [0.5, 0.6) is 0 Å². The van der Waals surface area contributed by atoms with E-state index < -0.39 is 0 Å². The summed E-state index contributed by atoms with van der Waals surface area (Å²) < 4.78 is 1.71. The third-order valence-corrected chi connectivity index (χ3v) is 4.65. The van der Waals surface area contributed by atoms with Crippen LogP contribution in [0.3, 0.4) is 0 Å². The van der Waals surface area contributed by atoms with Gasteiger partial charge in [-0.2, -0.15) is 5.10 Å². The lowest BCUT2D eigenvalue weighted by Crippen LogP contribution is -2.32. The summed E-state index contributed by atoms with van der Waals surface area (Å²) in [6.45, 7) is 7.15. The Bertz CT molecular complexity index is 671. The number of nitrogens with zero attached hydrogens (tertiary/aromatic N) is 4. The van der Waals surface area contributed by atoms with Gasteiger partial charge in [0.25, 0.3) is 5.91 Å². The highest BCUT2D eigenvalue weighted by Gasteiger charge is 2.20. The zero-order valence-electron chi connectivity index (χ0n) is 14.0. The maximum atomic E-state index is 12.4. The van der Waals surface area contributed by atoms with E-state index in [2.05, 4.69) is 34.1 Å². The lowest BCUT2D eigenvalue weighted by molar-refractivity contribution is 0.0939. The molecular formula is C17H25N5O. The molecule has 124 valence electrons. The normalized spacial score (nSPS) is 15.6. The van der Waals surface area contributed by atoms with Crippen LogP contribution >= 0.6 is 0 Å². The number of amides is 1. The minimum Gasteiger partial charge on any atom is -0.349 e. The Kier molecular flexibility index (Phi) is 4.91. The van der Waals surface area contributed by atoms with E-state index in [1.807, 2.05) is 12.4 Å². The molecule has 6 heteroatoms. The van der Waals surface area contributed by atoms with Gasteiger partial charge in [-0.15, -0.1) is 0 Å². The van der Waals surface area contributed by atoms with Gasteiger partial charge in [-0.1, -0.05) is 26.7 Å². The van der Waals surface area contributed by atoms with Gasteiger partial charge >= 0.3 is 0 Å². The predicted molar refractivity (Wildman–Crippen MR) is 89.3 cm³/mol. The van der Waals surface area contributed by atoms with Gasteiger partial charge in [0, 0.05) is 30.5 Å². The Morgan fingerprint density at radius 2 is 2.04 bits per heavy atom. The molecule has 2 aromatic heterocycles. The highest BCUT2D eigenvalue weighted by Crippen LogP contribution is 2.19. The summed E-state index contributed by atoms with van der Waals surface area (Å²) in [4.78, 5) is 19.2. The number of nitrogens with one attached hydrogen (secondary N) is 1. The van der Waals surface area contributed by atoms with Gasteiger partial charge in [-0.3, -0.25) is 9.69 Å². The second kappa shape index (κ2) is 7.08. The first-order valence-corrected chi connectivity index (χ1v) is 8.56. The van der Waals surface area contributed by atoms with Crippen molar-refractivity contribution >= 4 is 11.6 Å². The first-order valence-electron chi connectivity index (χ1n) is 8.56. The maximum absolute atomic E-state index is 12.4. The summed E-state index contributed by atoms with van der Waals surface area (Å²) in [6.07, 6.45) is 9.99. The molecule has 2 heterocycles. The number of fused-ring (bicyclic) bond motifs is 1. The van der Waals surface area contributed by atoms with Crippen molar-refractivity contribution in [1.29, 1.82) is 0 Å². The highest BCUT2D eigenvalue weighted by atomic mass is 16.1. The van der Waals surface area contributed by atoms with Gasteiger partial charge in [0.05, 0.1) is 6.20 Å². The van der Waals surface area contributed by atoms with Gasteiger partial charge in [-0.05, 0) is 25.9 Å². The molecule has 6 nitrogen and oxygen atoms in total. The molecule has 0 bridgehead atoms. The molecule has 0 saturated heterocycles. The Morgan fingerprint density at radius 3 is 2.74 bits per heavy atom. The molecule has 3 rings (SSSR count). The largest absolute Gasteiger partial charge is 0.349 e. The predicted octanol–water partition coefficient (Wildman–Crippen LogP) is 2.24. The van der Waals surface area contributed by atoms with Crippen LogP contribution in [0, 0.1) is 0 Å². The summed E-state index contributed by atoms with van der Waals surface area (Å²) in [5, 5.41) is 7.41. The summed E-state index contributed by atoms with van der Waals surface area (Å²) in [7, 11) is 0. The molecule has 0 aliphatic heterocycles. The SMILES string of the molecule is CCN(CC)Cc1cnc2c(C(=O)NC3CCCC3)cnn2c1. The minimum atomic E-state index is -0.0594. The van der Waals surface area contributed by atoms with Crippen molar-refractivity contribution in [1.82, 2.24) is 24.8 Å². The third-order valence-electron chi connectivity index (χ3n) is 4.65. The quantitative estimate of drug-likeness (QED) is 0.888. The second-order valence-electron chi connectivity index (χ2n) is 6.20. The molecular weight excluding hydrogens is 290 g/mol. The van der Waals surface area contributed by atoms with Crippen molar-refractivity contribution in [3.05, 3.63) is 29.7 Å². The van der Waals surface area contributed by atoms with E-state index in [-0.39, 0.29) is 5.91 Å².